The van der Waals surface area contributed by atoms with Crippen LogP contribution in [0.25, 0.3) is 0 Å². The Morgan fingerprint density at radius 1 is 1.06 bits per heavy atom. The molecule has 0 amide bonds. The molecule has 3 heterocycles. The van der Waals surface area contributed by atoms with Gasteiger partial charge in [-0.1, -0.05) is 18.6 Å². The predicted molar refractivity (Wildman–Crippen MR) is 127 cm³/mol. The molecule has 0 unspecified atom stereocenters. The molecule has 0 spiro atoms. The Hall–Kier alpha value is -2.45. The number of ether oxygens (including phenoxy) is 1. The van der Waals surface area contributed by atoms with Crippen LogP contribution in [0.3, 0.4) is 0 Å². The van der Waals surface area contributed by atoms with E-state index < -0.39 is 9.84 Å². The molecule has 0 bridgehead atoms. The van der Waals surface area contributed by atoms with E-state index in [0.717, 1.165) is 69.1 Å². The smallest absolute Gasteiger partial charge is 0.225 e. The van der Waals surface area contributed by atoms with Crippen LogP contribution >= 0.6 is 0 Å². The van der Waals surface area contributed by atoms with Gasteiger partial charge < -0.3 is 14.5 Å². The van der Waals surface area contributed by atoms with Crippen molar-refractivity contribution >= 4 is 21.5 Å². The maximum atomic E-state index is 11.6. The van der Waals surface area contributed by atoms with Crippen LogP contribution < -0.4 is 9.80 Å². The van der Waals surface area contributed by atoms with Crippen molar-refractivity contribution in [3.05, 3.63) is 53.9 Å². The number of rotatable bonds is 7. The van der Waals surface area contributed by atoms with Crippen LogP contribution in [0.5, 0.6) is 0 Å². The molecule has 0 aliphatic carbocycles. The molecule has 0 radical (unpaired) electrons. The van der Waals surface area contributed by atoms with Crippen molar-refractivity contribution in [1.29, 1.82) is 0 Å². The number of anilines is 2. The summed E-state index contributed by atoms with van der Waals surface area (Å²) >= 11 is 0. The van der Waals surface area contributed by atoms with E-state index in [1.165, 1.54) is 11.8 Å². The molecule has 172 valence electrons. The molecule has 2 fully saturated rings. The van der Waals surface area contributed by atoms with Crippen LogP contribution in [0.4, 0.5) is 11.6 Å². The van der Waals surface area contributed by atoms with Gasteiger partial charge in [0.25, 0.3) is 0 Å². The molecule has 8 heteroatoms. The Morgan fingerprint density at radius 3 is 2.38 bits per heavy atom. The first-order chi connectivity index (χ1) is 15.4. The SMILES string of the molecule is CCc1cnc(N2CCC(=CCOC3CCN(c4ccc(S(C)(=O)=O)cc4)CC3)C2)nc1. The molecule has 4 rings (SSSR count). The number of hydrogen-bond acceptors (Lipinski definition) is 7. The van der Waals surface area contributed by atoms with Crippen molar-refractivity contribution in [2.75, 3.05) is 48.8 Å². The standard InChI is InChI=1S/C24H32N4O3S/c1-3-19-16-25-24(26-17-19)28-12-8-20(18-28)11-15-31-22-9-13-27(14-10-22)21-4-6-23(7-5-21)32(2,29)30/h4-7,11,16-17,22H,3,8-10,12-15,18H2,1-2H3. The minimum Gasteiger partial charge on any atom is -0.374 e. The fraction of sp³-hybridized carbons (Fsp3) is 0.500. The van der Waals surface area contributed by atoms with Crippen molar-refractivity contribution < 1.29 is 13.2 Å². The third kappa shape index (κ3) is 5.66. The van der Waals surface area contributed by atoms with Crippen molar-refractivity contribution in [3.8, 4) is 0 Å². The largest absolute Gasteiger partial charge is 0.374 e. The van der Waals surface area contributed by atoms with Gasteiger partial charge in [0.2, 0.25) is 5.95 Å². The van der Waals surface area contributed by atoms with Gasteiger partial charge in [-0.25, -0.2) is 18.4 Å². The molecule has 32 heavy (non-hydrogen) atoms. The van der Waals surface area contributed by atoms with E-state index in [9.17, 15) is 8.42 Å². The highest BCUT2D eigenvalue weighted by molar-refractivity contribution is 7.90. The second-order valence-electron chi connectivity index (χ2n) is 8.56. The third-order valence-electron chi connectivity index (χ3n) is 6.26. The zero-order valence-electron chi connectivity index (χ0n) is 18.9. The van der Waals surface area contributed by atoms with Crippen molar-refractivity contribution in [3.63, 3.8) is 0 Å². The van der Waals surface area contributed by atoms with Crippen LogP contribution in [-0.4, -0.2) is 63.5 Å². The van der Waals surface area contributed by atoms with Gasteiger partial charge in [-0.3, -0.25) is 0 Å². The van der Waals surface area contributed by atoms with Gasteiger partial charge >= 0.3 is 0 Å². The van der Waals surface area contributed by atoms with Crippen molar-refractivity contribution in [1.82, 2.24) is 9.97 Å². The summed E-state index contributed by atoms with van der Waals surface area (Å²) in [6.07, 6.45) is 11.5. The summed E-state index contributed by atoms with van der Waals surface area (Å²) in [6, 6.07) is 7.17. The molecule has 0 saturated carbocycles. The minimum atomic E-state index is -3.15. The zero-order chi connectivity index (χ0) is 22.6. The Bertz CT molecular complexity index is 1030. The molecule has 2 aromatic rings. The summed E-state index contributed by atoms with van der Waals surface area (Å²) in [6.45, 7) is 6.41. The van der Waals surface area contributed by atoms with Gasteiger partial charge in [0.05, 0.1) is 17.6 Å². The van der Waals surface area contributed by atoms with Crippen LogP contribution in [-0.2, 0) is 21.0 Å². The Morgan fingerprint density at radius 2 is 1.75 bits per heavy atom. The predicted octanol–water partition coefficient (Wildman–Crippen LogP) is 3.26. The lowest BCUT2D eigenvalue weighted by Crippen LogP contribution is -2.37. The molecular formula is C24H32N4O3S. The molecule has 7 nitrogen and oxygen atoms in total. The van der Waals surface area contributed by atoms with E-state index in [0.29, 0.717) is 11.5 Å². The monoisotopic (exact) mass is 456 g/mol. The highest BCUT2D eigenvalue weighted by Gasteiger charge is 2.21. The third-order valence-corrected chi connectivity index (χ3v) is 7.38. The van der Waals surface area contributed by atoms with Gasteiger partial charge in [0.1, 0.15) is 0 Å². The van der Waals surface area contributed by atoms with Gasteiger partial charge in [-0.15, -0.1) is 0 Å². The topological polar surface area (TPSA) is 75.6 Å². The van der Waals surface area contributed by atoms with Gasteiger partial charge in [0.15, 0.2) is 9.84 Å². The molecule has 0 atom stereocenters. The first kappa shape index (κ1) is 22.7. The summed E-state index contributed by atoms with van der Waals surface area (Å²) in [7, 11) is -3.15. The summed E-state index contributed by atoms with van der Waals surface area (Å²) in [5.74, 6) is 0.809. The summed E-state index contributed by atoms with van der Waals surface area (Å²) in [5, 5.41) is 0. The van der Waals surface area contributed by atoms with E-state index in [1.54, 1.807) is 12.1 Å². The average Bonchev–Trinajstić information content (AvgIpc) is 3.28. The van der Waals surface area contributed by atoms with E-state index >= 15 is 0 Å². The number of aromatic nitrogens is 2. The van der Waals surface area contributed by atoms with E-state index in [1.807, 2.05) is 24.5 Å². The zero-order valence-corrected chi connectivity index (χ0v) is 19.7. The van der Waals surface area contributed by atoms with Crippen molar-refractivity contribution in [2.45, 2.75) is 43.6 Å². The van der Waals surface area contributed by atoms with Crippen molar-refractivity contribution in [2.24, 2.45) is 0 Å². The van der Waals surface area contributed by atoms with E-state index in [-0.39, 0.29) is 6.10 Å². The lowest BCUT2D eigenvalue weighted by molar-refractivity contribution is 0.0559. The summed E-state index contributed by atoms with van der Waals surface area (Å²) < 4.78 is 29.4. The van der Waals surface area contributed by atoms with Gasteiger partial charge in [0, 0.05) is 50.5 Å². The lowest BCUT2D eigenvalue weighted by atomic mass is 10.1. The first-order valence-corrected chi connectivity index (χ1v) is 13.2. The molecule has 2 aliphatic heterocycles. The van der Waals surface area contributed by atoms with Gasteiger partial charge in [-0.2, -0.15) is 0 Å². The van der Waals surface area contributed by atoms with E-state index in [4.69, 9.17) is 4.74 Å². The number of benzene rings is 1. The van der Waals surface area contributed by atoms with Crippen LogP contribution in [0, 0.1) is 0 Å². The maximum absolute atomic E-state index is 11.6. The van der Waals surface area contributed by atoms with E-state index in [2.05, 4.69) is 32.8 Å². The normalized spacial score (nSPS) is 19.1. The quantitative estimate of drug-likeness (QED) is 0.592. The molecule has 1 aromatic carbocycles. The number of hydrogen-bond donors (Lipinski definition) is 0. The second kappa shape index (κ2) is 10.0. The lowest BCUT2D eigenvalue weighted by Gasteiger charge is -2.33. The fourth-order valence-electron chi connectivity index (χ4n) is 4.20. The Labute approximate surface area is 191 Å². The number of aryl methyl sites for hydroxylation is 1. The van der Waals surface area contributed by atoms with Crippen LogP contribution in [0.15, 0.2) is 53.2 Å². The maximum Gasteiger partial charge on any atom is 0.225 e. The fourth-order valence-corrected chi connectivity index (χ4v) is 4.83. The molecule has 2 aliphatic rings. The highest BCUT2D eigenvalue weighted by Crippen LogP contribution is 2.24. The second-order valence-corrected chi connectivity index (χ2v) is 10.6. The molecule has 1 aromatic heterocycles. The molecule has 0 N–H and O–H groups in total. The number of nitrogens with zero attached hydrogens (tertiary/aromatic N) is 4. The Balaban J connectivity index is 1.21. The van der Waals surface area contributed by atoms with Crippen LogP contribution in [0.2, 0.25) is 0 Å². The summed E-state index contributed by atoms with van der Waals surface area (Å²) in [4.78, 5) is 13.9. The van der Waals surface area contributed by atoms with Crippen LogP contribution in [0.1, 0.15) is 31.7 Å². The minimum absolute atomic E-state index is 0.265. The van der Waals surface area contributed by atoms with Gasteiger partial charge in [-0.05, 0) is 55.5 Å². The highest BCUT2D eigenvalue weighted by atomic mass is 32.2. The summed E-state index contributed by atoms with van der Waals surface area (Å²) in [5.41, 5.74) is 3.61. The number of piperidine rings is 1. The molecular weight excluding hydrogens is 424 g/mol. The first-order valence-electron chi connectivity index (χ1n) is 11.3. The Kier molecular flexibility index (Phi) is 7.10. The molecule has 2 saturated heterocycles. The number of sulfone groups is 1. The average molecular weight is 457 g/mol.